The van der Waals surface area contributed by atoms with Gasteiger partial charge in [-0.2, -0.15) is 0 Å². The van der Waals surface area contributed by atoms with Crippen LogP contribution in [-0.4, -0.2) is 14.1 Å². The summed E-state index contributed by atoms with van der Waals surface area (Å²) in [5.74, 6) is 0.911. The molecule has 10 rings (SSSR count). The summed E-state index contributed by atoms with van der Waals surface area (Å²) in [6.45, 7) is 0. The molecule has 0 amide bonds. The number of hydrogen-bond acceptors (Lipinski definition) is 1. The average molecular weight is 612 g/mol. The molecule has 3 aromatic heterocycles. The van der Waals surface area contributed by atoms with Crippen molar-refractivity contribution in [3.8, 4) is 33.9 Å². The Bertz CT molecular complexity index is 2830. The van der Waals surface area contributed by atoms with Crippen LogP contribution < -0.4 is 0 Å². The van der Waals surface area contributed by atoms with Gasteiger partial charge >= 0.3 is 0 Å². The molecular formula is C45H29N3. The minimum absolute atomic E-state index is 0.911. The summed E-state index contributed by atoms with van der Waals surface area (Å²) in [6, 6.07) is 63.1. The Kier molecular flexibility index (Phi) is 5.87. The van der Waals surface area contributed by atoms with E-state index >= 15 is 0 Å². The summed E-state index contributed by atoms with van der Waals surface area (Å²) in [4.78, 5) is 5.20. The zero-order valence-electron chi connectivity index (χ0n) is 26.1. The van der Waals surface area contributed by atoms with Gasteiger partial charge in [-0.25, -0.2) is 4.98 Å². The summed E-state index contributed by atoms with van der Waals surface area (Å²) in [5.41, 5.74) is 10.3. The molecule has 0 aliphatic heterocycles. The fourth-order valence-electron chi connectivity index (χ4n) is 7.56. The number of pyridine rings is 1. The molecular weight excluding hydrogens is 583 g/mol. The predicted molar refractivity (Wildman–Crippen MR) is 201 cm³/mol. The first-order valence-corrected chi connectivity index (χ1v) is 16.4. The van der Waals surface area contributed by atoms with Crippen molar-refractivity contribution in [2.24, 2.45) is 0 Å². The van der Waals surface area contributed by atoms with Gasteiger partial charge in [-0.1, -0.05) is 127 Å². The molecule has 0 unspecified atom stereocenters. The molecule has 3 nitrogen and oxygen atoms in total. The number of fused-ring (bicyclic) bond motifs is 7. The number of nitrogens with zero attached hydrogens (tertiary/aromatic N) is 3. The first-order chi connectivity index (χ1) is 23.8. The molecule has 3 heterocycles. The maximum Gasteiger partial charge on any atom is 0.138 e. The molecule has 0 spiro atoms. The second-order valence-corrected chi connectivity index (χ2v) is 12.4. The Labute approximate surface area is 277 Å². The molecule has 0 fully saturated rings. The van der Waals surface area contributed by atoms with Crippen LogP contribution in [0.25, 0.3) is 88.3 Å². The zero-order chi connectivity index (χ0) is 31.6. The normalized spacial score (nSPS) is 11.8. The SMILES string of the molecule is c1ccc(-c2cccc(-n3c4ccccc4c4cc5c(cc43)c3ccccc3n5-c3cccc(-c4cccc5ccccc45)c3)n2)cc1. The lowest BCUT2D eigenvalue weighted by molar-refractivity contribution is 1.08. The van der Waals surface area contributed by atoms with E-state index in [4.69, 9.17) is 4.98 Å². The van der Waals surface area contributed by atoms with E-state index in [2.05, 4.69) is 179 Å². The third kappa shape index (κ3) is 4.04. The summed E-state index contributed by atoms with van der Waals surface area (Å²) in [5, 5.41) is 7.38. The molecule has 0 aliphatic rings. The van der Waals surface area contributed by atoms with Gasteiger partial charge in [-0.05, 0) is 70.4 Å². The molecule has 48 heavy (non-hydrogen) atoms. The highest BCUT2D eigenvalue weighted by Gasteiger charge is 2.19. The Morgan fingerprint density at radius 1 is 0.354 bits per heavy atom. The highest BCUT2D eigenvalue weighted by atomic mass is 15.1. The van der Waals surface area contributed by atoms with E-state index in [1.54, 1.807) is 0 Å². The van der Waals surface area contributed by atoms with Crippen molar-refractivity contribution in [1.29, 1.82) is 0 Å². The summed E-state index contributed by atoms with van der Waals surface area (Å²) < 4.78 is 4.75. The van der Waals surface area contributed by atoms with E-state index in [9.17, 15) is 0 Å². The second kappa shape index (κ2) is 10.5. The number of rotatable bonds is 4. The third-order valence-corrected chi connectivity index (χ3v) is 9.70. The van der Waals surface area contributed by atoms with Crippen molar-refractivity contribution >= 4 is 54.4 Å². The van der Waals surface area contributed by atoms with Gasteiger partial charge in [0.2, 0.25) is 0 Å². The highest BCUT2D eigenvalue weighted by molar-refractivity contribution is 6.19. The molecule has 224 valence electrons. The molecule has 0 aliphatic carbocycles. The second-order valence-electron chi connectivity index (χ2n) is 12.4. The number of benzene rings is 7. The lowest BCUT2D eigenvalue weighted by Gasteiger charge is -2.12. The van der Waals surface area contributed by atoms with Crippen LogP contribution in [-0.2, 0) is 0 Å². The monoisotopic (exact) mass is 611 g/mol. The topological polar surface area (TPSA) is 22.8 Å². The van der Waals surface area contributed by atoms with E-state index in [0.29, 0.717) is 0 Å². The van der Waals surface area contributed by atoms with Gasteiger partial charge in [0.25, 0.3) is 0 Å². The van der Waals surface area contributed by atoms with Crippen LogP contribution in [0.2, 0.25) is 0 Å². The van der Waals surface area contributed by atoms with Crippen LogP contribution in [0, 0.1) is 0 Å². The standard InChI is InChI=1S/C45H29N3/c1-2-14-31(15-3-1)40-23-12-26-45(46-40)48-42-25-9-7-21-37(42)39-28-43-38(29-44(39)48)36-20-6-8-24-41(36)47(43)33-18-10-17-32(27-33)35-22-11-16-30-13-4-5-19-34(30)35/h1-29H. The van der Waals surface area contributed by atoms with Gasteiger partial charge in [0.15, 0.2) is 0 Å². The minimum atomic E-state index is 0.911. The van der Waals surface area contributed by atoms with Crippen LogP contribution in [0.1, 0.15) is 0 Å². The highest BCUT2D eigenvalue weighted by Crippen LogP contribution is 2.40. The lowest BCUT2D eigenvalue weighted by atomic mass is 9.98. The molecule has 0 saturated heterocycles. The molecule has 0 radical (unpaired) electrons. The average Bonchev–Trinajstić information content (AvgIpc) is 3.66. The van der Waals surface area contributed by atoms with Gasteiger partial charge in [-0.3, -0.25) is 4.57 Å². The summed E-state index contributed by atoms with van der Waals surface area (Å²) in [6.07, 6.45) is 0. The molecule has 0 N–H and O–H groups in total. The van der Waals surface area contributed by atoms with E-state index in [0.717, 1.165) is 33.8 Å². The maximum absolute atomic E-state index is 5.20. The smallest absolute Gasteiger partial charge is 0.138 e. The molecule has 3 heteroatoms. The number of para-hydroxylation sites is 2. The van der Waals surface area contributed by atoms with Crippen LogP contribution >= 0.6 is 0 Å². The Morgan fingerprint density at radius 2 is 0.938 bits per heavy atom. The summed E-state index contributed by atoms with van der Waals surface area (Å²) in [7, 11) is 0. The van der Waals surface area contributed by atoms with Gasteiger partial charge < -0.3 is 4.57 Å². The largest absolute Gasteiger partial charge is 0.309 e. The van der Waals surface area contributed by atoms with E-state index in [-0.39, 0.29) is 0 Å². The van der Waals surface area contributed by atoms with E-state index < -0.39 is 0 Å². The van der Waals surface area contributed by atoms with E-state index in [1.807, 2.05) is 6.07 Å². The Morgan fingerprint density at radius 3 is 1.73 bits per heavy atom. The first kappa shape index (κ1) is 26.7. The fourth-order valence-corrected chi connectivity index (χ4v) is 7.56. The number of aromatic nitrogens is 3. The molecule has 0 bridgehead atoms. The van der Waals surface area contributed by atoms with Crippen molar-refractivity contribution < 1.29 is 0 Å². The van der Waals surface area contributed by atoms with Gasteiger partial charge in [0, 0.05) is 32.8 Å². The first-order valence-electron chi connectivity index (χ1n) is 16.4. The van der Waals surface area contributed by atoms with Crippen LogP contribution in [0.4, 0.5) is 0 Å². The van der Waals surface area contributed by atoms with Gasteiger partial charge in [0.05, 0.1) is 27.8 Å². The molecule has 7 aromatic carbocycles. The van der Waals surface area contributed by atoms with Crippen LogP contribution in [0.15, 0.2) is 176 Å². The Hall–Kier alpha value is -6.45. The van der Waals surface area contributed by atoms with Gasteiger partial charge in [0.1, 0.15) is 5.82 Å². The van der Waals surface area contributed by atoms with Crippen LogP contribution in [0.5, 0.6) is 0 Å². The van der Waals surface area contributed by atoms with Gasteiger partial charge in [-0.15, -0.1) is 0 Å². The van der Waals surface area contributed by atoms with Crippen LogP contribution in [0.3, 0.4) is 0 Å². The minimum Gasteiger partial charge on any atom is -0.309 e. The van der Waals surface area contributed by atoms with Crippen molar-refractivity contribution in [2.45, 2.75) is 0 Å². The van der Waals surface area contributed by atoms with Crippen molar-refractivity contribution in [1.82, 2.24) is 14.1 Å². The zero-order valence-corrected chi connectivity index (χ0v) is 26.1. The quantitative estimate of drug-likeness (QED) is 0.194. The third-order valence-electron chi connectivity index (χ3n) is 9.70. The molecule has 0 saturated carbocycles. The summed E-state index contributed by atoms with van der Waals surface area (Å²) >= 11 is 0. The lowest BCUT2D eigenvalue weighted by Crippen LogP contribution is -1.98. The Balaban J connectivity index is 1.24. The van der Waals surface area contributed by atoms with Crippen molar-refractivity contribution in [2.75, 3.05) is 0 Å². The van der Waals surface area contributed by atoms with Crippen molar-refractivity contribution in [3.05, 3.63) is 176 Å². The predicted octanol–water partition coefficient (Wildman–Crippen LogP) is 11.8. The number of hydrogen-bond donors (Lipinski definition) is 0. The van der Waals surface area contributed by atoms with Crippen molar-refractivity contribution in [3.63, 3.8) is 0 Å². The molecule has 10 aromatic rings. The maximum atomic E-state index is 5.20. The molecule has 0 atom stereocenters. The fraction of sp³-hybridized carbons (Fsp3) is 0. The van der Waals surface area contributed by atoms with E-state index in [1.165, 1.54) is 54.5 Å².